The number of nitrogens with one attached hydrogen (secondary N) is 1. The van der Waals surface area contributed by atoms with Gasteiger partial charge in [0, 0.05) is 13.1 Å². The van der Waals surface area contributed by atoms with E-state index < -0.39 is 0 Å². The standard InChI is InChI=1S/C10H18ClN5O/c1-4-16(3)7-6-12-9-13-8(11)14-10(15-9)17-5-2/h4-7H2,1-3H3,(H,12,13,14,15). The Labute approximate surface area is 106 Å². The van der Waals surface area contributed by atoms with Crippen molar-refractivity contribution in [3.05, 3.63) is 5.28 Å². The quantitative estimate of drug-likeness (QED) is 0.796. The number of halogens is 1. The van der Waals surface area contributed by atoms with E-state index in [1.807, 2.05) is 14.0 Å². The van der Waals surface area contributed by atoms with Gasteiger partial charge in [-0.1, -0.05) is 6.92 Å². The Morgan fingerprint density at radius 2 is 2.06 bits per heavy atom. The third kappa shape index (κ3) is 5.14. The van der Waals surface area contributed by atoms with E-state index >= 15 is 0 Å². The summed E-state index contributed by atoms with van der Waals surface area (Å²) in [5, 5.41) is 3.22. The van der Waals surface area contributed by atoms with Crippen LogP contribution in [0.1, 0.15) is 13.8 Å². The van der Waals surface area contributed by atoms with E-state index in [0.29, 0.717) is 12.6 Å². The Balaban J connectivity index is 2.52. The van der Waals surface area contributed by atoms with Gasteiger partial charge in [-0.2, -0.15) is 15.0 Å². The molecule has 0 unspecified atom stereocenters. The second-order valence-electron chi connectivity index (χ2n) is 3.47. The Hall–Kier alpha value is -1.14. The summed E-state index contributed by atoms with van der Waals surface area (Å²) in [6, 6.07) is 0.249. The zero-order valence-corrected chi connectivity index (χ0v) is 11.2. The van der Waals surface area contributed by atoms with Crippen LogP contribution in [0.4, 0.5) is 5.95 Å². The Kier molecular flexibility index (Phi) is 5.93. The van der Waals surface area contributed by atoms with Crippen LogP contribution in [0.15, 0.2) is 0 Å². The van der Waals surface area contributed by atoms with Crippen LogP contribution in [0.5, 0.6) is 6.01 Å². The van der Waals surface area contributed by atoms with Crippen LogP contribution in [-0.2, 0) is 0 Å². The smallest absolute Gasteiger partial charge is 0.322 e. The Morgan fingerprint density at radius 1 is 1.29 bits per heavy atom. The van der Waals surface area contributed by atoms with E-state index in [4.69, 9.17) is 16.3 Å². The summed E-state index contributed by atoms with van der Waals surface area (Å²) in [6.07, 6.45) is 0. The first kappa shape index (κ1) is 13.9. The topological polar surface area (TPSA) is 63.2 Å². The SMILES string of the molecule is CCOc1nc(Cl)nc(NCCN(C)CC)n1. The molecule has 1 aromatic rings. The monoisotopic (exact) mass is 259 g/mol. The molecule has 0 aliphatic carbocycles. The first-order valence-electron chi connectivity index (χ1n) is 5.62. The fourth-order valence-electron chi connectivity index (χ4n) is 1.12. The number of hydrogen-bond acceptors (Lipinski definition) is 6. The van der Waals surface area contributed by atoms with Gasteiger partial charge in [-0.05, 0) is 32.1 Å². The minimum atomic E-state index is 0.134. The Morgan fingerprint density at radius 3 is 2.71 bits per heavy atom. The van der Waals surface area contributed by atoms with Crippen molar-refractivity contribution in [1.82, 2.24) is 19.9 Å². The molecular weight excluding hydrogens is 242 g/mol. The zero-order chi connectivity index (χ0) is 12.7. The number of rotatable bonds is 7. The van der Waals surface area contributed by atoms with E-state index in [1.54, 1.807) is 0 Å². The molecule has 96 valence electrons. The highest BCUT2D eigenvalue weighted by Crippen LogP contribution is 2.10. The molecule has 0 aromatic carbocycles. The molecule has 0 saturated carbocycles. The maximum absolute atomic E-state index is 5.76. The minimum Gasteiger partial charge on any atom is -0.464 e. The molecule has 0 amide bonds. The maximum atomic E-state index is 5.76. The van der Waals surface area contributed by atoms with Crippen LogP contribution in [-0.4, -0.2) is 53.1 Å². The highest BCUT2D eigenvalue weighted by atomic mass is 35.5. The molecule has 0 atom stereocenters. The normalized spacial score (nSPS) is 10.6. The molecule has 0 aliphatic rings. The van der Waals surface area contributed by atoms with E-state index in [9.17, 15) is 0 Å². The van der Waals surface area contributed by atoms with Crippen molar-refractivity contribution in [3.63, 3.8) is 0 Å². The fraction of sp³-hybridized carbons (Fsp3) is 0.700. The summed E-state index contributed by atoms with van der Waals surface area (Å²) in [4.78, 5) is 14.1. The number of hydrogen-bond donors (Lipinski definition) is 1. The van der Waals surface area contributed by atoms with E-state index in [-0.39, 0.29) is 11.3 Å². The molecule has 0 saturated heterocycles. The fourth-order valence-corrected chi connectivity index (χ4v) is 1.27. The summed E-state index contributed by atoms with van der Waals surface area (Å²) in [7, 11) is 2.05. The van der Waals surface area contributed by atoms with Crippen LogP contribution >= 0.6 is 11.6 Å². The van der Waals surface area contributed by atoms with Crippen molar-refractivity contribution in [2.24, 2.45) is 0 Å². The summed E-state index contributed by atoms with van der Waals surface area (Å²) < 4.78 is 5.18. The van der Waals surface area contributed by atoms with Crippen LogP contribution in [0.25, 0.3) is 0 Å². The van der Waals surface area contributed by atoms with E-state index in [1.165, 1.54) is 0 Å². The third-order valence-corrected chi connectivity index (χ3v) is 2.35. The molecule has 1 aromatic heterocycles. The summed E-state index contributed by atoms with van der Waals surface area (Å²) >= 11 is 5.76. The predicted molar refractivity (Wildman–Crippen MR) is 67.7 cm³/mol. The lowest BCUT2D eigenvalue weighted by Gasteiger charge is -2.14. The largest absolute Gasteiger partial charge is 0.464 e. The van der Waals surface area contributed by atoms with E-state index in [2.05, 4.69) is 32.1 Å². The van der Waals surface area contributed by atoms with Gasteiger partial charge in [-0.3, -0.25) is 0 Å². The van der Waals surface area contributed by atoms with Gasteiger partial charge in [-0.25, -0.2) is 0 Å². The van der Waals surface area contributed by atoms with Crippen molar-refractivity contribution in [2.45, 2.75) is 13.8 Å². The van der Waals surface area contributed by atoms with Gasteiger partial charge in [0.25, 0.3) is 0 Å². The molecular formula is C10H18ClN5O. The highest BCUT2D eigenvalue weighted by molar-refractivity contribution is 6.28. The number of anilines is 1. The van der Waals surface area contributed by atoms with Crippen LogP contribution < -0.4 is 10.1 Å². The molecule has 0 fully saturated rings. The van der Waals surface area contributed by atoms with Gasteiger partial charge in [0.2, 0.25) is 11.2 Å². The van der Waals surface area contributed by atoms with Crippen LogP contribution in [0.2, 0.25) is 5.28 Å². The third-order valence-electron chi connectivity index (χ3n) is 2.18. The Bertz CT molecular complexity index is 349. The second-order valence-corrected chi connectivity index (χ2v) is 3.80. The molecule has 1 heterocycles. The molecule has 0 radical (unpaired) electrons. The van der Waals surface area contributed by atoms with E-state index in [0.717, 1.165) is 19.6 Å². The number of ether oxygens (including phenoxy) is 1. The molecule has 7 heteroatoms. The van der Waals surface area contributed by atoms with Gasteiger partial charge in [0.05, 0.1) is 6.61 Å². The average molecular weight is 260 g/mol. The minimum absolute atomic E-state index is 0.134. The predicted octanol–water partition coefficient (Wildman–Crippen LogP) is 1.29. The first-order chi connectivity index (χ1) is 8.15. The van der Waals surface area contributed by atoms with Crippen molar-refractivity contribution in [2.75, 3.05) is 38.6 Å². The van der Waals surface area contributed by atoms with Crippen LogP contribution in [0.3, 0.4) is 0 Å². The molecule has 0 bridgehead atoms. The second kappa shape index (κ2) is 7.24. The molecule has 1 rings (SSSR count). The molecule has 17 heavy (non-hydrogen) atoms. The lowest BCUT2D eigenvalue weighted by molar-refractivity contribution is 0.311. The van der Waals surface area contributed by atoms with Gasteiger partial charge in [0.15, 0.2) is 0 Å². The van der Waals surface area contributed by atoms with Crippen molar-refractivity contribution in [3.8, 4) is 6.01 Å². The van der Waals surface area contributed by atoms with Crippen molar-refractivity contribution < 1.29 is 4.74 Å². The molecule has 0 spiro atoms. The lowest BCUT2D eigenvalue weighted by atomic mass is 10.5. The molecule has 1 N–H and O–H groups in total. The van der Waals surface area contributed by atoms with Gasteiger partial charge in [0.1, 0.15) is 0 Å². The summed E-state index contributed by atoms with van der Waals surface area (Å²) in [5.74, 6) is 0.443. The molecule has 0 aliphatic heterocycles. The van der Waals surface area contributed by atoms with Crippen molar-refractivity contribution >= 4 is 17.5 Å². The first-order valence-corrected chi connectivity index (χ1v) is 6.00. The lowest BCUT2D eigenvalue weighted by Crippen LogP contribution is -2.25. The number of nitrogens with zero attached hydrogens (tertiary/aromatic N) is 4. The van der Waals surface area contributed by atoms with Gasteiger partial charge >= 0.3 is 6.01 Å². The van der Waals surface area contributed by atoms with Gasteiger partial charge < -0.3 is 15.0 Å². The highest BCUT2D eigenvalue weighted by Gasteiger charge is 2.05. The summed E-state index contributed by atoms with van der Waals surface area (Å²) in [5.41, 5.74) is 0. The maximum Gasteiger partial charge on any atom is 0.322 e. The average Bonchev–Trinajstić information content (AvgIpc) is 2.28. The van der Waals surface area contributed by atoms with Crippen molar-refractivity contribution in [1.29, 1.82) is 0 Å². The molecule has 6 nitrogen and oxygen atoms in total. The summed E-state index contributed by atoms with van der Waals surface area (Å²) in [6.45, 7) is 7.12. The zero-order valence-electron chi connectivity index (χ0n) is 10.4. The number of aromatic nitrogens is 3. The number of likely N-dealkylation sites (N-methyl/N-ethyl adjacent to an activating group) is 1. The van der Waals surface area contributed by atoms with Gasteiger partial charge in [-0.15, -0.1) is 0 Å². The van der Waals surface area contributed by atoms with Crippen LogP contribution in [0, 0.1) is 0 Å².